The van der Waals surface area contributed by atoms with Gasteiger partial charge in [0.2, 0.25) is 0 Å². The molecule has 4 N–H and O–H groups in total. The zero-order chi connectivity index (χ0) is 10.5. The highest BCUT2D eigenvalue weighted by atomic mass is 31.1. The van der Waals surface area contributed by atoms with Crippen LogP contribution in [0.2, 0.25) is 0 Å². The first kappa shape index (κ1) is 14.9. The second kappa shape index (κ2) is 14.0. The van der Waals surface area contributed by atoms with Crippen molar-refractivity contribution in [3.8, 4) is 0 Å². The molecule has 8 heteroatoms. The largest absolute Gasteiger partial charge is 0.692 e. The van der Waals surface area contributed by atoms with Crippen LogP contribution in [-0.4, -0.2) is 42.6 Å². The summed E-state index contributed by atoms with van der Waals surface area (Å²) in [5, 5.41) is 10.5. The van der Waals surface area contributed by atoms with E-state index in [0.717, 1.165) is 26.3 Å². The van der Waals surface area contributed by atoms with E-state index < -0.39 is 14.7 Å². The lowest BCUT2D eigenvalue weighted by atomic mass is 10.5. The molecule has 1 aliphatic rings. The van der Waals surface area contributed by atoms with E-state index in [2.05, 4.69) is 5.32 Å². The molecule has 0 bridgehead atoms. The Balaban J connectivity index is 0. The van der Waals surface area contributed by atoms with Gasteiger partial charge in [0, 0.05) is 11.0 Å². The second-order valence-corrected chi connectivity index (χ2v) is 2.33. The van der Waals surface area contributed by atoms with E-state index in [1.165, 1.54) is 0 Å². The maximum Gasteiger partial charge on any atom is 0.692 e. The van der Waals surface area contributed by atoms with Gasteiger partial charge in [-0.1, -0.05) is 0 Å². The normalized spacial score (nSPS) is 14.0. The number of carbonyl (C=O) groups excluding carboxylic acids is 1. The Labute approximate surface area is 76.3 Å². The van der Waals surface area contributed by atoms with Crippen LogP contribution in [0.4, 0.5) is 0 Å². The van der Waals surface area contributed by atoms with Gasteiger partial charge in [-0.05, 0) is 0 Å². The van der Waals surface area contributed by atoms with Crippen molar-refractivity contribution in [2.24, 2.45) is 0 Å². The van der Waals surface area contributed by atoms with Crippen molar-refractivity contribution in [2.45, 2.75) is 0 Å². The fourth-order valence-corrected chi connectivity index (χ4v) is 0.580. The molecule has 0 aromatic heterocycles. The third kappa shape index (κ3) is 34.5. The summed E-state index contributed by atoms with van der Waals surface area (Å²) in [5.74, 6) is 0. The molecule has 0 amide bonds. The van der Waals surface area contributed by atoms with Crippen LogP contribution in [0, 0.1) is 0 Å². The number of carboxylic acid groups (broad SMARTS) is 1. The maximum absolute atomic E-state index is 8.70. The van der Waals surface area contributed by atoms with E-state index in [-0.39, 0.29) is 0 Å². The van der Waals surface area contributed by atoms with Gasteiger partial charge in [0.25, 0.3) is 0 Å². The highest BCUT2D eigenvalue weighted by Crippen LogP contribution is 1.98. The van der Waals surface area contributed by atoms with Crippen molar-refractivity contribution in [1.29, 1.82) is 0 Å². The predicted octanol–water partition coefficient (Wildman–Crippen LogP) is -3.43. The molecule has 0 atom stereocenters. The van der Waals surface area contributed by atoms with Crippen molar-refractivity contribution in [2.75, 3.05) is 26.3 Å². The molecule has 7 nitrogen and oxygen atoms in total. The topological polar surface area (TPSA) is 124 Å². The summed E-state index contributed by atoms with van der Waals surface area (Å²) in [7, 11) is -2.87. The molecule has 0 aliphatic carbocycles. The van der Waals surface area contributed by atoms with Gasteiger partial charge >= 0.3 is 8.25 Å². The number of carbonyl (C=O) groups is 1. The van der Waals surface area contributed by atoms with Crippen LogP contribution in [0.5, 0.6) is 0 Å². The van der Waals surface area contributed by atoms with Crippen LogP contribution in [0.1, 0.15) is 0 Å². The first-order chi connectivity index (χ1) is 6.15. The Hall–Kier alpha value is -0.590. The maximum atomic E-state index is 8.70. The second-order valence-electron chi connectivity index (χ2n) is 1.83. The van der Waals surface area contributed by atoms with Crippen molar-refractivity contribution < 1.29 is 34.3 Å². The summed E-state index contributed by atoms with van der Waals surface area (Å²) < 4.78 is 13.7. The Morgan fingerprint density at radius 3 is 1.77 bits per heavy atom. The quantitative estimate of drug-likeness (QED) is 0.285. The molecule has 13 heavy (non-hydrogen) atoms. The summed E-state index contributed by atoms with van der Waals surface area (Å²) >= 11 is 0. The molecule has 0 aromatic carbocycles. The van der Waals surface area contributed by atoms with E-state index in [9.17, 15) is 0 Å². The van der Waals surface area contributed by atoms with Crippen LogP contribution in [0.25, 0.3) is 0 Å². The van der Waals surface area contributed by atoms with Gasteiger partial charge in [0.05, 0.1) is 26.3 Å². The lowest BCUT2D eigenvalue weighted by molar-refractivity contribution is -0.670. The minimum atomic E-state index is -2.87. The van der Waals surface area contributed by atoms with Crippen molar-refractivity contribution in [3.63, 3.8) is 0 Å². The molecule has 1 aliphatic heterocycles. The van der Waals surface area contributed by atoms with Gasteiger partial charge in [0.15, 0.2) is 0 Å². The third-order valence-electron chi connectivity index (χ3n) is 0.933. The molecule has 0 unspecified atom stereocenters. The molecular formula is C5H13NO6P+. The molecule has 1 saturated heterocycles. The standard InChI is InChI=1S/C4H9NO.CH2O2.HO3P/c1-3-6-4-2-5-1;2-1-3;1-4(2)3/h5H,1-4H2;1H,(H,2,3);(H-,1,2,3)/p+1. The number of hydrogen-bond acceptors (Lipinski definition) is 4. The fourth-order valence-electron chi connectivity index (χ4n) is 0.580. The lowest BCUT2D eigenvalue weighted by Crippen LogP contribution is -2.87. The molecule has 0 radical (unpaired) electrons. The molecule has 1 rings (SSSR count). The number of ether oxygens (including phenoxy) is 1. The SMILES string of the molecule is C1COCC[NH2+]1.O=C[O-].O=[P+](O)O. The minimum Gasteiger partial charge on any atom is -0.554 e. The van der Waals surface area contributed by atoms with Gasteiger partial charge in [0.1, 0.15) is 0 Å². The Bertz CT molecular complexity index is 113. The molecule has 1 fully saturated rings. The van der Waals surface area contributed by atoms with E-state index in [1.54, 1.807) is 0 Å². The van der Waals surface area contributed by atoms with E-state index in [0.29, 0.717) is 0 Å². The summed E-state index contributed by atoms with van der Waals surface area (Å²) in [6, 6.07) is 0. The first-order valence-electron chi connectivity index (χ1n) is 3.45. The zero-order valence-corrected chi connectivity index (χ0v) is 7.85. The predicted molar refractivity (Wildman–Crippen MR) is 40.6 cm³/mol. The lowest BCUT2D eigenvalue weighted by Gasteiger charge is -2.07. The Morgan fingerprint density at radius 1 is 1.38 bits per heavy atom. The first-order valence-corrected chi connectivity index (χ1v) is 4.61. The molecule has 0 spiro atoms. The average molecular weight is 214 g/mol. The van der Waals surface area contributed by atoms with Crippen LogP contribution in [-0.2, 0) is 14.1 Å². The van der Waals surface area contributed by atoms with Crippen LogP contribution in [0.3, 0.4) is 0 Å². The highest BCUT2D eigenvalue weighted by Gasteiger charge is 1.96. The summed E-state index contributed by atoms with van der Waals surface area (Å²) in [6.45, 7) is 3.69. The number of morpholine rings is 1. The molecular weight excluding hydrogens is 201 g/mol. The van der Waals surface area contributed by atoms with Crippen molar-refractivity contribution in [3.05, 3.63) is 0 Å². The zero-order valence-electron chi connectivity index (χ0n) is 6.96. The van der Waals surface area contributed by atoms with Gasteiger partial charge in [-0.2, -0.15) is 0 Å². The van der Waals surface area contributed by atoms with E-state index >= 15 is 0 Å². The molecule has 1 heterocycles. The number of hydrogen-bond donors (Lipinski definition) is 3. The summed E-state index contributed by atoms with van der Waals surface area (Å²) in [6.07, 6.45) is 0. The monoisotopic (exact) mass is 214 g/mol. The van der Waals surface area contributed by atoms with Gasteiger partial charge < -0.3 is 20.0 Å². The van der Waals surface area contributed by atoms with Gasteiger partial charge in [-0.25, -0.2) is 0 Å². The van der Waals surface area contributed by atoms with Gasteiger partial charge in [-0.15, -0.1) is 9.79 Å². The van der Waals surface area contributed by atoms with Crippen LogP contribution in [0.15, 0.2) is 0 Å². The molecule has 0 saturated carbocycles. The summed E-state index contributed by atoms with van der Waals surface area (Å²) in [4.78, 5) is 22.5. The number of rotatable bonds is 0. The Kier molecular flexibility index (Phi) is 16.0. The minimum absolute atomic E-state index is 0.500. The smallest absolute Gasteiger partial charge is 0.554 e. The third-order valence-corrected chi connectivity index (χ3v) is 0.933. The highest BCUT2D eigenvalue weighted by molar-refractivity contribution is 7.30. The van der Waals surface area contributed by atoms with E-state index in [4.69, 9.17) is 29.0 Å². The molecule has 0 aromatic rings. The molecule has 78 valence electrons. The van der Waals surface area contributed by atoms with E-state index in [1.807, 2.05) is 0 Å². The van der Waals surface area contributed by atoms with Gasteiger partial charge in [-0.3, -0.25) is 0 Å². The van der Waals surface area contributed by atoms with Crippen LogP contribution >= 0.6 is 8.25 Å². The summed E-state index contributed by atoms with van der Waals surface area (Å²) in [5.41, 5.74) is 0. The number of quaternary nitrogens is 1. The fraction of sp³-hybridized carbons (Fsp3) is 0.800. The Morgan fingerprint density at radius 2 is 1.69 bits per heavy atom. The van der Waals surface area contributed by atoms with Crippen LogP contribution < -0.4 is 10.4 Å². The average Bonchev–Trinajstić information content (AvgIpc) is 2.08. The van der Waals surface area contributed by atoms with Crippen molar-refractivity contribution in [1.82, 2.24) is 0 Å². The van der Waals surface area contributed by atoms with Crippen molar-refractivity contribution >= 4 is 14.7 Å². The number of nitrogens with two attached hydrogens (primary N) is 1.